The number of thiazole rings is 1. The Hall–Kier alpha value is -1.24. The van der Waals surface area contributed by atoms with E-state index in [4.69, 9.17) is 0 Å². The third-order valence-corrected chi connectivity index (χ3v) is 3.52. The van der Waals surface area contributed by atoms with Crippen molar-refractivity contribution in [2.24, 2.45) is 0 Å². The summed E-state index contributed by atoms with van der Waals surface area (Å²) in [5, 5.41) is 18.2. The number of rotatable bonds is 1. The fraction of sp³-hybridized carbons (Fsp3) is 0.400. The molecule has 0 spiro atoms. The summed E-state index contributed by atoms with van der Waals surface area (Å²) in [6, 6.07) is 0. The highest BCUT2D eigenvalue weighted by molar-refractivity contribution is 7.13. The predicted molar refractivity (Wildman–Crippen MR) is 60.6 cm³/mol. The van der Waals surface area contributed by atoms with Gasteiger partial charge >= 0.3 is 0 Å². The summed E-state index contributed by atoms with van der Waals surface area (Å²) in [6.45, 7) is 3.32. The molecule has 16 heavy (non-hydrogen) atoms. The molecule has 0 saturated heterocycles. The van der Waals surface area contributed by atoms with E-state index in [-0.39, 0.29) is 0 Å². The van der Waals surface area contributed by atoms with Gasteiger partial charge in [0.2, 0.25) is 5.13 Å². The first-order chi connectivity index (χ1) is 7.74. The van der Waals surface area contributed by atoms with Crippen molar-refractivity contribution < 1.29 is 5.11 Å². The smallest absolute Gasteiger partial charge is 0.210 e. The summed E-state index contributed by atoms with van der Waals surface area (Å²) in [5.74, 6) is 0. The molecule has 0 bridgehead atoms. The van der Waals surface area contributed by atoms with Crippen LogP contribution in [-0.4, -0.2) is 26.4 Å². The van der Waals surface area contributed by atoms with E-state index in [1.807, 2.05) is 19.3 Å². The van der Waals surface area contributed by atoms with E-state index in [1.165, 1.54) is 0 Å². The molecule has 1 atom stereocenters. The summed E-state index contributed by atoms with van der Waals surface area (Å²) >= 11 is 1.59. The van der Waals surface area contributed by atoms with Gasteiger partial charge < -0.3 is 10.4 Å². The van der Waals surface area contributed by atoms with Gasteiger partial charge in [-0.3, -0.25) is 0 Å². The van der Waals surface area contributed by atoms with E-state index in [0.717, 1.165) is 21.3 Å². The van der Waals surface area contributed by atoms with Crippen molar-refractivity contribution in [3.8, 4) is 5.13 Å². The Morgan fingerprint density at radius 1 is 1.62 bits per heavy atom. The number of aliphatic hydroxyl groups is 1. The number of hydrogen-bond donors (Lipinski definition) is 2. The summed E-state index contributed by atoms with van der Waals surface area (Å²) in [4.78, 5) is 5.43. The van der Waals surface area contributed by atoms with Gasteiger partial charge in [0.05, 0.1) is 11.8 Å². The summed E-state index contributed by atoms with van der Waals surface area (Å²) in [7, 11) is 0. The molecule has 0 saturated carbocycles. The van der Waals surface area contributed by atoms with E-state index in [0.29, 0.717) is 13.1 Å². The fourth-order valence-corrected chi connectivity index (χ4v) is 2.51. The molecule has 0 aliphatic carbocycles. The zero-order chi connectivity index (χ0) is 11.1. The second kappa shape index (κ2) is 3.65. The molecule has 2 N–H and O–H groups in total. The van der Waals surface area contributed by atoms with Crippen molar-refractivity contribution in [2.45, 2.75) is 19.6 Å². The largest absolute Gasteiger partial charge is 0.387 e. The Morgan fingerprint density at radius 2 is 2.50 bits per heavy atom. The van der Waals surface area contributed by atoms with Crippen LogP contribution in [0, 0.1) is 6.92 Å². The lowest BCUT2D eigenvalue weighted by Crippen LogP contribution is -2.27. The highest BCUT2D eigenvalue weighted by Crippen LogP contribution is 2.23. The summed E-state index contributed by atoms with van der Waals surface area (Å²) in [5.41, 5.74) is 1.82. The van der Waals surface area contributed by atoms with Crippen LogP contribution in [0.4, 0.5) is 0 Å². The molecule has 84 valence electrons. The standard InChI is InChI=1S/C10H12N4OS/c1-6-2-12-10(16-6)14-5-7-8(13-14)3-11-4-9(7)15/h2,5,9,11,15H,3-4H2,1H3. The zero-order valence-corrected chi connectivity index (χ0v) is 9.66. The van der Waals surface area contributed by atoms with Crippen molar-refractivity contribution >= 4 is 11.3 Å². The van der Waals surface area contributed by atoms with Gasteiger partial charge in [0.25, 0.3) is 0 Å². The number of aliphatic hydroxyl groups excluding tert-OH is 1. The Labute approximate surface area is 96.8 Å². The monoisotopic (exact) mass is 236 g/mol. The molecule has 0 amide bonds. The molecule has 6 heteroatoms. The summed E-state index contributed by atoms with van der Waals surface area (Å²) in [6.07, 6.45) is 3.24. The van der Waals surface area contributed by atoms with Gasteiger partial charge in [0, 0.05) is 35.9 Å². The summed E-state index contributed by atoms with van der Waals surface area (Å²) < 4.78 is 1.75. The maximum atomic E-state index is 9.79. The predicted octanol–water partition coefficient (Wildman–Crippen LogP) is 0.774. The Balaban J connectivity index is 2.04. The van der Waals surface area contributed by atoms with Crippen molar-refractivity contribution in [1.29, 1.82) is 0 Å². The maximum absolute atomic E-state index is 9.79. The van der Waals surface area contributed by atoms with Crippen LogP contribution in [0.3, 0.4) is 0 Å². The van der Waals surface area contributed by atoms with E-state index in [2.05, 4.69) is 15.4 Å². The number of aryl methyl sites for hydroxylation is 1. The van der Waals surface area contributed by atoms with E-state index in [1.54, 1.807) is 16.0 Å². The van der Waals surface area contributed by atoms with Gasteiger partial charge in [-0.05, 0) is 6.92 Å². The quantitative estimate of drug-likeness (QED) is 0.768. The van der Waals surface area contributed by atoms with E-state index in [9.17, 15) is 5.11 Å². The fourth-order valence-electron chi connectivity index (χ4n) is 1.82. The number of hydrogen-bond acceptors (Lipinski definition) is 5. The lowest BCUT2D eigenvalue weighted by Gasteiger charge is -2.16. The van der Waals surface area contributed by atoms with E-state index < -0.39 is 6.10 Å². The SMILES string of the molecule is Cc1cnc(-n2cc3c(n2)CNCC3O)s1. The number of nitrogens with one attached hydrogen (secondary N) is 1. The van der Waals surface area contributed by atoms with Crippen LogP contribution in [0.1, 0.15) is 22.2 Å². The average molecular weight is 236 g/mol. The number of nitrogens with zero attached hydrogens (tertiary/aromatic N) is 3. The molecule has 2 aromatic heterocycles. The molecule has 0 radical (unpaired) electrons. The second-order valence-corrected chi connectivity index (χ2v) is 5.09. The van der Waals surface area contributed by atoms with Crippen molar-refractivity contribution in [2.75, 3.05) is 6.54 Å². The van der Waals surface area contributed by atoms with Crippen LogP contribution in [-0.2, 0) is 6.54 Å². The van der Waals surface area contributed by atoms with Crippen LogP contribution in [0.5, 0.6) is 0 Å². The van der Waals surface area contributed by atoms with Crippen LogP contribution in [0.25, 0.3) is 5.13 Å². The number of β-amino-alcohol motifs (C(OH)–C–C–N with tert-alkyl or cyclic N) is 1. The molecule has 2 aromatic rings. The van der Waals surface area contributed by atoms with Crippen LogP contribution < -0.4 is 5.32 Å². The minimum atomic E-state index is -0.460. The van der Waals surface area contributed by atoms with E-state index >= 15 is 0 Å². The van der Waals surface area contributed by atoms with Gasteiger partial charge in [-0.1, -0.05) is 0 Å². The Kier molecular flexibility index (Phi) is 2.27. The van der Waals surface area contributed by atoms with Gasteiger partial charge in [-0.15, -0.1) is 11.3 Å². The Bertz CT molecular complexity index is 519. The molecular weight excluding hydrogens is 224 g/mol. The van der Waals surface area contributed by atoms with Gasteiger partial charge in [0.1, 0.15) is 0 Å². The van der Waals surface area contributed by atoms with Crippen LogP contribution in [0.15, 0.2) is 12.4 Å². The molecule has 5 nitrogen and oxygen atoms in total. The lowest BCUT2D eigenvalue weighted by atomic mass is 10.1. The van der Waals surface area contributed by atoms with Gasteiger partial charge in [-0.25, -0.2) is 9.67 Å². The van der Waals surface area contributed by atoms with Crippen LogP contribution in [0.2, 0.25) is 0 Å². The normalized spacial score (nSPS) is 19.8. The van der Waals surface area contributed by atoms with Crippen LogP contribution >= 0.6 is 11.3 Å². The first-order valence-corrected chi connectivity index (χ1v) is 5.96. The third-order valence-electron chi connectivity index (χ3n) is 2.62. The molecule has 3 rings (SSSR count). The Morgan fingerprint density at radius 3 is 3.19 bits per heavy atom. The van der Waals surface area contributed by atoms with Gasteiger partial charge in [-0.2, -0.15) is 5.10 Å². The topological polar surface area (TPSA) is 63.0 Å². The molecule has 1 unspecified atom stereocenters. The molecule has 0 fully saturated rings. The van der Waals surface area contributed by atoms with Crippen molar-refractivity contribution in [3.63, 3.8) is 0 Å². The molecule has 0 aromatic carbocycles. The second-order valence-electron chi connectivity index (χ2n) is 3.88. The highest BCUT2D eigenvalue weighted by atomic mass is 32.1. The minimum Gasteiger partial charge on any atom is -0.387 e. The zero-order valence-electron chi connectivity index (χ0n) is 8.84. The maximum Gasteiger partial charge on any atom is 0.210 e. The third kappa shape index (κ3) is 1.55. The lowest BCUT2D eigenvalue weighted by molar-refractivity contribution is 0.165. The average Bonchev–Trinajstić information content (AvgIpc) is 2.84. The molecule has 3 heterocycles. The van der Waals surface area contributed by atoms with Crippen molar-refractivity contribution in [1.82, 2.24) is 20.1 Å². The molecule has 1 aliphatic heterocycles. The van der Waals surface area contributed by atoms with Crippen molar-refractivity contribution in [3.05, 3.63) is 28.5 Å². The molecule has 1 aliphatic rings. The first-order valence-electron chi connectivity index (χ1n) is 5.14. The highest BCUT2D eigenvalue weighted by Gasteiger charge is 2.21. The van der Waals surface area contributed by atoms with Gasteiger partial charge in [0.15, 0.2) is 0 Å². The number of fused-ring (bicyclic) bond motifs is 1. The first kappa shape index (κ1) is 9.95. The number of aromatic nitrogens is 3. The molecular formula is C10H12N4OS. The minimum absolute atomic E-state index is 0.460.